The van der Waals surface area contributed by atoms with Gasteiger partial charge in [0.25, 0.3) is 11.5 Å². The van der Waals surface area contributed by atoms with Gasteiger partial charge in [-0.2, -0.15) is 5.10 Å². The highest BCUT2D eigenvalue weighted by Crippen LogP contribution is 2.43. The number of halogens is 2. The van der Waals surface area contributed by atoms with Crippen LogP contribution in [0.5, 0.6) is 0 Å². The van der Waals surface area contributed by atoms with E-state index in [-0.39, 0.29) is 5.56 Å². The number of aryl methyl sites for hydroxylation is 2. The molecule has 0 spiro atoms. The minimum Gasteiger partial charge on any atom is -0.481 e. The number of carboxylic acids is 1. The quantitative estimate of drug-likeness (QED) is 0.380. The van der Waals surface area contributed by atoms with Gasteiger partial charge in [-0.25, -0.2) is 13.9 Å². The molecule has 2 amide bonds. The summed E-state index contributed by atoms with van der Waals surface area (Å²) >= 11 is 0. The van der Waals surface area contributed by atoms with Crippen LogP contribution in [0.1, 0.15) is 71.0 Å². The molecule has 1 aliphatic heterocycles. The molecule has 1 aliphatic rings. The molecule has 0 saturated carbocycles. The summed E-state index contributed by atoms with van der Waals surface area (Å²) in [4.78, 5) is 52.0. The molecule has 0 unspecified atom stereocenters. The molecule has 0 radical (unpaired) electrons. The topological polar surface area (TPSA) is 132 Å². The van der Waals surface area contributed by atoms with Crippen LogP contribution in [0.15, 0.2) is 47.3 Å². The highest BCUT2D eigenvalue weighted by atomic mass is 19.2. The fourth-order valence-electron chi connectivity index (χ4n) is 5.34. The van der Waals surface area contributed by atoms with Crippen LogP contribution < -0.4 is 10.9 Å². The number of likely N-dealkylation sites (tertiary alicyclic amines) is 1. The van der Waals surface area contributed by atoms with Gasteiger partial charge in [-0.1, -0.05) is 12.1 Å². The summed E-state index contributed by atoms with van der Waals surface area (Å²) in [5.41, 5.74) is 1.89. The molecule has 2 heterocycles. The molecule has 0 bridgehead atoms. The average Bonchev–Trinajstić information content (AvgIpc) is 3.38. The van der Waals surface area contributed by atoms with Crippen molar-refractivity contribution in [1.82, 2.24) is 20.4 Å². The fraction of sp³-hybridized carbons (Fsp3) is 0.367. The van der Waals surface area contributed by atoms with E-state index in [0.29, 0.717) is 41.6 Å². The van der Waals surface area contributed by atoms with Crippen molar-refractivity contribution in [1.29, 1.82) is 0 Å². The number of hydrogen-bond donors (Lipinski definition) is 3. The number of nitrogens with one attached hydrogen (secondary N) is 2. The fourth-order valence-corrected chi connectivity index (χ4v) is 5.34. The van der Waals surface area contributed by atoms with Crippen LogP contribution >= 0.6 is 0 Å². The number of carboxylic acid groups (broad SMARTS) is 1. The van der Waals surface area contributed by atoms with Crippen molar-refractivity contribution >= 4 is 17.8 Å². The lowest BCUT2D eigenvalue weighted by molar-refractivity contribution is -0.153. The third-order valence-electron chi connectivity index (χ3n) is 7.78. The van der Waals surface area contributed by atoms with E-state index < -0.39 is 53.5 Å². The molecule has 11 heteroatoms. The number of nitrogens with zero attached hydrogens (tertiary/aromatic N) is 2. The first-order valence-corrected chi connectivity index (χ1v) is 13.2. The Balaban J connectivity index is 1.51. The lowest BCUT2D eigenvalue weighted by atomic mass is 9.83. The minimum atomic E-state index is -1.32. The average molecular weight is 567 g/mol. The van der Waals surface area contributed by atoms with Gasteiger partial charge in [-0.15, -0.1) is 0 Å². The molecule has 1 fully saturated rings. The summed E-state index contributed by atoms with van der Waals surface area (Å²) in [7, 11) is 0. The van der Waals surface area contributed by atoms with E-state index in [2.05, 4.69) is 15.5 Å². The first-order valence-electron chi connectivity index (χ1n) is 13.2. The Hall–Kier alpha value is -4.41. The molecule has 4 rings (SSSR count). The van der Waals surface area contributed by atoms with Crippen LogP contribution in [-0.4, -0.2) is 50.6 Å². The van der Waals surface area contributed by atoms with Crippen molar-refractivity contribution in [2.75, 3.05) is 6.54 Å². The van der Waals surface area contributed by atoms with Crippen molar-refractivity contribution in [3.63, 3.8) is 0 Å². The number of carbonyl (C=O) groups excluding carboxylic acids is 2. The number of hydrogen-bond acceptors (Lipinski definition) is 5. The van der Waals surface area contributed by atoms with Gasteiger partial charge in [0.2, 0.25) is 5.91 Å². The van der Waals surface area contributed by atoms with Gasteiger partial charge >= 0.3 is 5.97 Å². The summed E-state index contributed by atoms with van der Waals surface area (Å²) in [6, 6.07) is 8.66. The Morgan fingerprint density at radius 3 is 2.44 bits per heavy atom. The van der Waals surface area contributed by atoms with E-state index in [0.717, 1.165) is 23.3 Å². The van der Waals surface area contributed by atoms with E-state index in [1.54, 1.807) is 31.2 Å². The normalized spacial score (nSPS) is 17.0. The Kier molecular flexibility index (Phi) is 8.37. The maximum absolute atomic E-state index is 14.0. The molecule has 2 aromatic carbocycles. The first-order chi connectivity index (χ1) is 19.3. The maximum Gasteiger partial charge on any atom is 0.311 e. The molecule has 9 nitrogen and oxygen atoms in total. The van der Waals surface area contributed by atoms with E-state index in [9.17, 15) is 33.1 Å². The van der Waals surface area contributed by atoms with Gasteiger partial charge in [0.05, 0.1) is 23.7 Å². The SMILES string of the molecule is Cc1cc(Cc2ccc(C(=O)NCC(=O)N3[C@H](c4ccc(F)c(F)c4)CC[C@@H]3C(C)(C)C(=O)O)cc2C)c(=O)[nH]n1. The second-order valence-corrected chi connectivity index (χ2v) is 11.0. The van der Waals surface area contributed by atoms with Crippen LogP contribution in [0.25, 0.3) is 0 Å². The second kappa shape index (κ2) is 11.6. The van der Waals surface area contributed by atoms with Crippen molar-refractivity contribution in [2.24, 2.45) is 5.41 Å². The molecule has 1 saturated heterocycles. The maximum atomic E-state index is 14.0. The van der Waals surface area contributed by atoms with Gasteiger partial charge in [0.1, 0.15) is 0 Å². The van der Waals surface area contributed by atoms with E-state index in [1.165, 1.54) is 24.8 Å². The molecule has 1 aromatic heterocycles. The first kappa shape index (κ1) is 29.6. The minimum absolute atomic E-state index is 0.289. The third kappa shape index (κ3) is 6.18. The molecular weight excluding hydrogens is 534 g/mol. The predicted molar refractivity (Wildman–Crippen MR) is 146 cm³/mol. The van der Waals surface area contributed by atoms with E-state index >= 15 is 0 Å². The third-order valence-corrected chi connectivity index (χ3v) is 7.78. The number of carbonyl (C=O) groups is 3. The number of benzene rings is 2. The predicted octanol–water partition coefficient (Wildman–Crippen LogP) is 3.83. The highest BCUT2D eigenvalue weighted by Gasteiger charge is 2.48. The summed E-state index contributed by atoms with van der Waals surface area (Å²) in [5.74, 6) is -4.24. The zero-order chi connectivity index (χ0) is 30.1. The van der Waals surface area contributed by atoms with Crippen molar-refractivity contribution in [3.05, 3.63) is 98.0 Å². The van der Waals surface area contributed by atoms with Crippen LogP contribution in [-0.2, 0) is 16.0 Å². The Labute approximate surface area is 235 Å². The zero-order valence-corrected chi connectivity index (χ0v) is 23.3. The lowest BCUT2D eigenvalue weighted by Gasteiger charge is -2.37. The molecule has 3 aromatic rings. The lowest BCUT2D eigenvalue weighted by Crippen LogP contribution is -2.51. The Morgan fingerprint density at radius 2 is 1.78 bits per heavy atom. The van der Waals surface area contributed by atoms with Gasteiger partial charge in [0.15, 0.2) is 11.6 Å². The highest BCUT2D eigenvalue weighted by molar-refractivity contribution is 5.97. The van der Waals surface area contributed by atoms with Gasteiger partial charge < -0.3 is 15.3 Å². The molecule has 0 aliphatic carbocycles. The standard InChI is InChI=1S/C30H32F2N4O5/c1-16-11-20(6-5-18(16)13-21-12-17(2)34-35-28(21)39)27(38)33-15-26(37)36-24(19-7-8-22(31)23(32)14-19)9-10-25(36)30(3,4)29(40)41/h5-8,11-12,14,24-25H,9-10,13,15H2,1-4H3,(H,33,38)(H,35,39)(H,40,41)/t24-,25+/m0/s1. The van der Waals surface area contributed by atoms with Crippen molar-refractivity contribution < 1.29 is 28.3 Å². The Morgan fingerprint density at radius 1 is 1.05 bits per heavy atom. The molecular formula is C30H32F2N4O5. The summed E-state index contributed by atoms with van der Waals surface area (Å²) < 4.78 is 27.6. The molecule has 3 N–H and O–H groups in total. The van der Waals surface area contributed by atoms with Gasteiger partial charge in [0, 0.05) is 23.6 Å². The van der Waals surface area contributed by atoms with E-state index in [1.807, 2.05) is 6.92 Å². The number of rotatable bonds is 8. The molecule has 216 valence electrons. The van der Waals surface area contributed by atoms with Gasteiger partial charge in [-0.3, -0.25) is 19.2 Å². The molecule has 2 atom stereocenters. The Bertz CT molecular complexity index is 1570. The number of amides is 2. The largest absolute Gasteiger partial charge is 0.481 e. The monoisotopic (exact) mass is 566 g/mol. The van der Waals surface area contributed by atoms with Crippen LogP contribution in [0.2, 0.25) is 0 Å². The number of aliphatic carboxylic acids is 1. The summed E-state index contributed by atoms with van der Waals surface area (Å²) in [5, 5.41) is 18.8. The second-order valence-electron chi connectivity index (χ2n) is 11.0. The van der Waals surface area contributed by atoms with Crippen LogP contribution in [0.4, 0.5) is 8.78 Å². The number of aromatic amines is 1. The summed E-state index contributed by atoms with van der Waals surface area (Å²) in [6.45, 7) is 6.19. The summed E-state index contributed by atoms with van der Waals surface area (Å²) in [6.07, 6.45) is 1.04. The van der Waals surface area contributed by atoms with E-state index in [4.69, 9.17) is 0 Å². The van der Waals surface area contributed by atoms with Crippen LogP contribution in [0, 0.1) is 30.9 Å². The smallest absolute Gasteiger partial charge is 0.311 e. The molecule has 41 heavy (non-hydrogen) atoms. The van der Waals surface area contributed by atoms with Crippen LogP contribution in [0.3, 0.4) is 0 Å². The van der Waals surface area contributed by atoms with Crippen molar-refractivity contribution in [2.45, 2.75) is 59.0 Å². The zero-order valence-electron chi connectivity index (χ0n) is 23.3. The van der Waals surface area contributed by atoms with Gasteiger partial charge in [-0.05, 0) is 87.6 Å². The number of H-pyrrole nitrogens is 1. The van der Waals surface area contributed by atoms with Crippen molar-refractivity contribution in [3.8, 4) is 0 Å². The number of aromatic nitrogens is 2.